The zero-order valence-corrected chi connectivity index (χ0v) is 11.1. The summed E-state index contributed by atoms with van der Waals surface area (Å²) in [5.41, 5.74) is -4.30. The Hall–Kier alpha value is -1.12. The van der Waals surface area contributed by atoms with Crippen LogP contribution in [-0.2, 0) is 4.79 Å². The third-order valence-electron chi connectivity index (χ3n) is 2.86. The number of aliphatic carboxylic acids is 1. The van der Waals surface area contributed by atoms with Crippen LogP contribution in [0.15, 0.2) is 0 Å². The highest BCUT2D eigenvalue weighted by molar-refractivity contribution is 8.00. The Morgan fingerprint density at radius 2 is 2.05 bits per heavy atom. The first kappa shape index (κ1) is 15.9. The maximum absolute atomic E-state index is 11.8. The van der Waals surface area contributed by atoms with Crippen LogP contribution in [0.3, 0.4) is 0 Å². The van der Waals surface area contributed by atoms with Gasteiger partial charge in [-0.3, -0.25) is 4.79 Å². The van der Waals surface area contributed by atoms with Crippen molar-refractivity contribution in [1.82, 2.24) is 10.2 Å². The lowest BCUT2D eigenvalue weighted by Gasteiger charge is -2.16. The molecule has 0 aromatic rings. The van der Waals surface area contributed by atoms with Gasteiger partial charge in [0, 0.05) is 25.4 Å². The molecule has 0 radical (unpaired) electrons. The quantitative estimate of drug-likeness (QED) is 0.774. The van der Waals surface area contributed by atoms with Gasteiger partial charge in [-0.2, -0.15) is 13.2 Å². The number of likely N-dealkylation sites (tertiary alicyclic amines) is 1. The molecule has 9 heteroatoms. The molecule has 1 saturated heterocycles. The highest BCUT2D eigenvalue weighted by atomic mass is 32.2. The van der Waals surface area contributed by atoms with E-state index in [0.29, 0.717) is 6.54 Å². The topological polar surface area (TPSA) is 69.6 Å². The Bertz CT molecular complexity index is 351. The number of alkyl halides is 3. The number of carbonyl (C=O) groups excluding carboxylic acids is 1. The summed E-state index contributed by atoms with van der Waals surface area (Å²) in [5, 5.41) is 11.3. The van der Waals surface area contributed by atoms with Gasteiger partial charge in [0.1, 0.15) is 0 Å². The molecule has 1 aliphatic rings. The number of urea groups is 1. The lowest BCUT2D eigenvalue weighted by Crippen LogP contribution is -2.40. The predicted molar refractivity (Wildman–Crippen MR) is 63.8 cm³/mol. The van der Waals surface area contributed by atoms with Crippen LogP contribution in [0.4, 0.5) is 18.0 Å². The molecule has 0 aromatic heterocycles. The predicted octanol–water partition coefficient (Wildman–Crippen LogP) is 1.60. The molecule has 2 N–H and O–H groups in total. The zero-order valence-electron chi connectivity index (χ0n) is 10.2. The van der Waals surface area contributed by atoms with Gasteiger partial charge in [0.2, 0.25) is 0 Å². The van der Waals surface area contributed by atoms with Crippen LogP contribution >= 0.6 is 11.8 Å². The van der Waals surface area contributed by atoms with Crippen molar-refractivity contribution in [2.75, 3.05) is 25.4 Å². The van der Waals surface area contributed by atoms with Gasteiger partial charge in [-0.25, -0.2) is 4.79 Å². The molecule has 1 heterocycles. The van der Waals surface area contributed by atoms with E-state index in [1.807, 2.05) is 0 Å². The van der Waals surface area contributed by atoms with Crippen LogP contribution in [-0.4, -0.2) is 52.9 Å². The molecule has 0 bridgehead atoms. The first-order valence-electron chi connectivity index (χ1n) is 5.67. The molecule has 5 nitrogen and oxygen atoms in total. The Labute approximate surface area is 112 Å². The maximum Gasteiger partial charge on any atom is 0.441 e. The lowest BCUT2D eigenvalue weighted by molar-refractivity contribution is -0.142. The Balaban J connectivity index is 2.30. The van der Waals surface area contributed by atoms with E-state index < -0.39 is 23.4 Å². The molecule has 0 aliphatic carbocycles. The van der Waals surface area contributed by atoms with Gasteiger partial charge < -0.3 is 15.3 Å². The average molecular weight is 300 g/mol. The monoisotopic (exact) mass is 300 g/mol. The van der Waals surface area contributed by atoms with Crippen molar-refractivity contribution in [3.8, 4) is 0 Å². The molecule has 19 heavy (non-hydrogen) atoms. The summed E-state index contributed by atoms with van der Waals surface area (Å²) < 4.78 is 35.5. The van der Waals surface area contributed by atoms with E-state index in [4.69, 9.17) is 5.11 Å². The summed E-state index contributed by atoms with van der Waals surface area (Å²) in [6, 6.07) is -0.515. The first-order chi connectivity index (χ1) is 8.70. The van der Waals surface area contributed by atoms with Crippen LogP contribution in [0.2, 0.25) is 0 Å². The minimum atomic E-state index is -4.30. The van der Waals surface area contributed by atoms with Crippen LogP contribution in [0.25, 0.3) is 0 Å². The first-order valence-corrected chi connectivity index (χ1v) is 6.65. The van der Waals surface area contributed by atoms with Gasteiger partial charge in [0.05, 0.1) is 5.92 Å². The Morgan fingerprint density at radius 1 is 1.42 bits per heavy atom. The van der Waals surface area contributed by atoms with Gasteiger partial charge in [-0.1, -0.05) is 6.92 Å². The van der Waals surface area contributed by atoms with E-state index in [9.17, 15) is 22.8 Å². The van der Waals surface area contributed by atoms with Crippen molar-refractivity contribution in [2.24, 2.45) is 11.8 Å². The normalized spacial score (nSPS) is 23.5. The number of carbonyl (C=O) groups is 2. The Morgan fingerprint density at radius 3 is 2.53 bits per heavy atom. The molecule has 1 rings (SSSR count). The minimum absolute atomic E-state index is 0.0920. The lowest BCUT2D eigenvalue weighted by atomic mass is 9.99. The highest BCUT2D eigenvalue weighted by Gasteiger charge is 2.36. The third-order valence-corrected chi connectivity index (χ3v) is 3.60. The largest absolute Gasteiger partial charge is 0.481 e. The van der Waals surface area contributed by atoms with E-state index in [1.165, 1.54) is 4.90 Å². The summed E-state index contributed by atoms with van der Waals surface area (Å²) in [7, 11) is 0. The smallest absolute Gasteiger partial charge is 0.441 e. The number of hydrogen-bond donors (Lipinski definition) is 2. The van der Waals surface area contributed by atoms with Crippen molar-refractivity contribution >= 4 is 23.8 Å². The molecule has 110 valence electrons. The van der Waals surface area contributed by atoms with Crippen molar-refractivity contribution in [1.29, 1.82) is 0 Å². The van der Waals surface area contributed by atoms with Crippen LogP contribution in [0, 0.1) is 11.8 Å². The van der Waals surface area contributed by atoms with E-state index >= 15 is 0 Å². The fourth-order valence-corrected chi connectivity index (χ4v) is 2.33. The van der Waals surface area contributed by atoms with Gasteiger partial charge in [0.15, 0.2) is 0 Å². The van der Waals surface area contributed by atoms with Gasteiger partial charge in [-0.15, -0.1) is 0 Å². The van der Waals surface area contributed by atoms with Gasteiger partial charge in [0.25, 0.3) is 0 Å². The molecule has 2 amide bonds. The van der Waals surface area contributed by atoms with Crippen LogP contribution in [0.1, 0.15) is 6.92 Å². The van der Waals surface area contributed by atoms with Gasteiger partial charge in [-0.05, 0) is 17.7 Å². The molecular formula is C10H15F3N2O3S. The molecule has 1 aliphatic heterocycles. The zero-order chi connectivity index (χ0) is 14.6. The standard InChI is InChI=1S/C10H15F3N2O3S/c1-6-4-15(5-7(6)8(16)17)9(18)14-2-3-19-10(11,12)13/h6-7H,2-5H2,1H3,(H,14,18)(H,16,17)/t6-,7-/m1/s1. The molecule has 0 unspecified atom stereocenters. The summed E-state index contributed by atoms with van der Waals surface area (Å²) in [6.45, 7) is 2.02. The Kier molecular flexibility index (Phi) is 5.33. The molecule has 2 atom stereocenters. The number of carboxylic acid groups (broad SMARTS) is 1. The molecule has 0 saturated carbocycles. The van der Waals surface area contributed by atoms with Gasteiger partial charge >= 0.3 is 17.5 Å². The second kappa shape index (κ2) is 6.36. The molecule has 0 aromatic carbocycles. The van der Waals surface area contributed by atoms with E-state index in [1.54, 1.807) is 6.92 Å². The van der Waals surface area contributed by atoms with E-state index in [0.717, 1.165) is 0 Å². The number of rotatable bonds is 4. The number of nitrogens with one attached hydrogen (secondary N) is 1. The highest BCUT2D eigenvalue weighted by Crippen LogP contribution is 2.29. The SMILES string of the molecule is C[C@@H]1CN(C(=O)NCCSC(F)(F)F)C[C@H]1C(=O)O. The summed E-state index contributed by atoms with van der Waals surface area (Å²) in [5.74, 6) is -2.00. The van der Waals surface area contributed by atoms with Crippen molar-refractivity contribution in [3.05, 3.63) is 0 Å². The van der Waals surface area contributed by atoms with E-state index in [2.05, 4.69) is 5.32 Å². The molecule has 1 fully saturated rings. The summed E-state index contributed by atoms with van der Waals surface area (Å²) in [6.07, 6.45) is 0. The number of amides is 2. The number of carboxylic acids is 1. The summed E-state index contributed by atoms with van der Waals surface area (Å²) >= 11 is -0.203. The second-order valence-corrected chi connectivity index (χ2v) is 5.51. The molecular weight excluding hydrogens is 285 g/mol. The van der Waals surface area contributed by atoms with Crippen LogP contribution in [0.5, 0.6) is 0 Å². The van der Waals surface area contributed by atoms with Crippen LogP contribution < -0.4 is 5.32 Å². The second-order valence-electron chi connectivity index (χ2n) is 4.35. The van der Waals surface area contributed by atoms with E-state index in [-0.39, 0.29) is 36.5 Å². The number of halogens is 3. The van der Waals surface area contributed by atoms with Crippen molar-refractivity contribution < 1.29 is 27.9 Å². The fourth-order valence-electron chi connectivity index (χ4n) is 1.89. The van der Waals surface area contributed by atoms with Crippen molar-refractivity contribution in [3.63, 3.8) is 0 Å². The van der Waals surface area contributed by atoms with Crippen molar-refractivity contribution in [2.45, 2.75) is 12.4 Å². The number of nitrogens with zero attached hydrogens (tertiary/aromatic N) is 1. The third kappa shape index (κ3) is 5.17. The number of hydrogen-bond acceptors (Lipinski definition) is 3. The summed E-state index contributed by atoms with van der Waals surface area (Å²) in [4.78, 5) is 23.8. The minimum Gasteiger partial charge on any atom is -0.481 e. The fraction of sp³-hybridized carbons (Fsp3) is 0.800. The molecule has 0 spiro atoms. The maximum atomic E-state index is 11.8. The number of thioether (sulfide) groups is 1. The average Bonchev–Trinajstić information content (AvgIpc) is 2.65.